The summed E-state index contributed by atoms with van der Waals surface area (Å²) >= 11 is 3.04. The summed E-state index contributed by atoms with van der Waals surface area (Å²) in [6.45, 7) is 2.41. The largest absolute Gasteiger partial charge is 0.382 e. The van der Waals surface area contributed by atoms with E-state index in [0.29, 0.717) is 6.54 Å². The Bertz CT molecular complexity index is 812. The fourth-order valence-electron chi connectivity index (χ4n) is 2.29. The van der Waals surface area contributed by atoms with Gasteiger partial charge in [0.2, 0.25) is 0 Å². The van der Waals surface area contributed by atoms with Crippen molar-refractivity contribution in [2.24, 2.45) is 0 Å². The summed E-state index contributed by atoms with van der Waals surface area (Å²) in [5.41, 5.74) is 1.87. The van der Waals surface area contributed by atoms with Gasteiger partial charge in [-0.05, 0) is 48.2 Å². The highest BCUT2D eigenvalue weighted by Gasteiger charge is 2.14. The van der Waals surface area contributed by atoms with Crippen molar-refractivity contribution in [1.29, 1.82) is 0 Å². The van der Waals surface area contributed by atoms with E-state index in [0.717, 1.165) is 25.9 Å². The lowest BCUT2D eigenvalue weighted by atomic mass is 10.2. The SMILES string of the molecule is Cc1cccc(NC(=O)NCc2ccc(C(O)c3cccs3)s2)c1. The molecule has 2 amide bonds. The smallest absolute Gasteiger partial charge is 0.319 e. The van der Waals surface area contributed by atoms with E-state index in [9.17, 15) is 9.90 Å². The Labute approximate surface area is 148 Å². The minimum atomic E-state index is -0.593. The van der Waals surface area contributed by atoms with Crippen molar-refractivity contribution >= 4 is 34.4 Å². The van der Waals surface area contributed by atoms with E-state index in [1.54, 1.807) is 0 Å². The molecule has 3 N–H and O–H groups in total. The van der Waals surface area contributed by atoms with Crippen LogP contribution < -0.4 is 10.6 Å². The Morgan fingerprint density at radius 1 is 1.17 bits per heavy atom. The predicted molar refractivity (Wildman–Crippen MR) is 99.7 cm³/mol. The van der Waals surface area contributed by atoms with Crippen LogP contribution in [0.4, 0.5) is 10.5 Å². The highest BCUT2D eigenvalue weighted by atomic mass is 32.1. The minimum Gasteiger partial charge on any atom is -0.382 e. The van der Waals surface area contributed by atoms with Gasteiger partial charge < -0.3 is 15.7 Å². The van der Waals surface area contributed by atoms with Crippen LogP contribution in [0.1, 0.15) is 26.3 Å². The van der Waals surface area contributed by atoms with Crippen molar-refractivity contribution in [3.05, 3.63) is 74.1 Å². The number of benzene rings is 1. The van der Waals surface area contributed by atoms with E-state index in [2.05, 4.69) is 10.6 Å². The van der Waals surface area contributed by atoms with Gasteiger partial charge >= 0.3 is 6.03 Å². The molecule has 0 radical (unpaired) electrons. The number of urea groups is 1. The molecule has 2 aromatic heterocycles. The fraction of sp³-hybridized carbons (Fsp3) is 0.167. The summed E-state index contributed by atoms with van der Waals surface area (Å²) < 4.78 is 0. The number of carbonyl (C=O) groups is 1. The maximum atomic E-state index is 12.0. The molecule has 6 heteroatoms. The average molecular weight is 358 g/mol. The lowest BCUT2D eigenvalue weighted by Crippen LogP contribution is -2.27. The number of hydrogen-bond donors (Lipinski definition) is 3. The Kier molecular flexibility index (Phi) is 5.30. The monoisotopic (exact) mass is 358 g/mol. The molecule has 24 heavy (non-hydrogen) atoms. The molecule has 0 aliphatic rings. The highest BCUT2D eigenvalue weighted by molar-refractivity contribution is 7.12. The first-order chi connectivity index (χ1) is 11.6. The van der Waals surface area contributed by atoms with Gasteiger partial charge in [-0.25, -0.2) is 4.79 Å². The van der Waals surface area contributed by atoms with Crippen molar-refractivity contribution in [2.75, 3.05) is 5.32 Å². The van der Waals surface area contributed by atoms with Crippen LogP contribution in [0.25, 0.3) is 0 Å². The quantitative estimate of drug-likeness (QED) is 0.628. The summed E-state index contributed by atoms with van der Waals surface area (Å²) in [4.78, 5) is 14.8. The fourth-order valence-corrected chi connectivity index (χ4v) is 4.05. The summed E-state index contributed by atoms with van der Waals surface area (Å²) in [6, 6.07) is 15.1. The number of aryl methyl sites for hydroxylation is 1. The van der Waals surface area contributed by atoms with Crippen molar-refractivity contribution in [1.82, 2.24) is 5.32 Å². The molecule has 4 nitrogen and oxygen atoms in total. The van der Waals surface area contributed by atoms with Crippen molar-refractivity contribution in [2.45, 2.75) is 19.6 Å². The van der Waals surface area contributed by atoms with Gasteiger partial charge in [0.15, 0.2) is 0 Å². The standard InChI is InChI=1S/C18H18N2O2S2/c1-12-4-2-5-13(10-12)20-18(22)19-11-14-7-8-16(24-14)17(21)15-6-3-9-23-15/h2-10,17,21H,11H2,1H3,(H2,19,20,22). The van der Waals surface area contributed by atoms with Gasteiger partial charge in [-0.2, -0.15) is 0 Å². The first kappa shape index (κ1) is 16.7. The molecule has 0 bridgehead atoms. The minimum absolute atomic E-state index is 0.241. The number of carbonyl (C=O) groups excluding carboxylic acids is 1. The van der Waals surface area contributed by atoms with Gasteiger partial charge in [0.1, 0.15) is 6.10 Å². The second-order valence-corrected chi connectivity index (χ2v) is 7.58. The molecule has 0 aliphatic carbocycles. The molecular weight excluding hydrogens is 340 g/mol. The molecule has 124 valence electrons. The number of rotatable bonds is 5. The number of aliphatic hydroxyl groups excluding tert-OH is 1. The van der Waals surface area contributed by atoms with Crippen LogP contribution in [0.2, 0.25) is 0 Å². The van der Waals surface area contributed by atoms with E-state index in [4.69, 9.17) is 0 Å². The lowest BCUT2D eigenvalue weighted by molar-refractivity contribution is 0.228. The molecule has 0 aliphatic heterocycles. The van der Waals surface area contributed by atoms with Gasteiger partial charge in [-0.3, -0.25) is 0 Å². The Morgan fingerprint density at radius 2 is 2.04 bits per heavy atom. The molecule has 3 rings (SSSR count). The Hall–Kier alpha value is -2.15. The number of hydrogen-bond acceptors (Lipinski definition) is 4. The van der Waals surface area contributed by atoms with Crippen LogP contribution in [0.15, 0.2) is 53.9 Å². The molecule has 2 heterocycles. The van der Waals surface area contributed by atoms with Gasteiger partial charge in [0.25, 0.3) is 0 Å². The highest BCUT2D eigenvalue weighted by Crippen LogP contribution is 2.30. The third-order valence-electron chi connectivity index (χ3n) is 3.46. The summed E-state index contributed by atoms with van der Waals surface area (Å²) in [5.74, 6) is 0. The summed E-state index contributed by atoms with van der Waals surface area (Å²) in [6.07, 6.45) is -0.593. The van der Waals surface area contributed by atoms with E-state index < -0.39 is 6.10 Å². The van der Waals surface area contributed by atoms with Gasteiger partial charge in [-0.15, -0.1) is 22.7 Å². The number of anilines is 1. The first-order valence-electron chi connectivity index (χ1n) is 7.53. The number of amides is 2. The topological polar surface area (TPSA) is 61.4 Å². The Morgan fingerprint density at radius 3 is 2.79 bits per heavy atom. The van der Waals surface area contributed by atoms with Crippen LogP contribution in [-0.2, 0) is 6.54 Å². The van der Waals surface area contributed by atoms with Crippen molar-refractivity contribution in [3.63, 3.8) is 0 Å². The third kappa shape index (κ3) is 4.23. The van der Waals surface area contributed by atoms with Gasteiger partial charge in [0.05, 0.1) is 6.54 Å². The van der Waals surface area contributed by atoms with E-state index >= 15 is 0 Å². The molecule has 1 aromatic carbocycles. The predicted octanol–water partition coefficient (Wildman–Crippen LogP) is 4.52. The van der Waals surface area contributed by atoms with Crippen LogP contribution >= 0.6 is 22.7 Å². The molecule has 0 fully saturated rings. The number of thiophene rings is 2. The van der Waals surface area contributed by atoms with Crippen LogP contribution in [0.3, 0.4) is 0 Å². The molecule has 0 saturated carbocycles. The normalized spacial score (nSPS) is 11.9. The molecular formula is C18H18N2O2S2. The zero-order valence-electron chi connectivity index (χ0n) is 13.2. The third-order valence-corrected chi connectivity index (χ3v) is 5.53. The van der Waals surface area contributed by atoms with E-state index in [-0.39, 0.29) is 6.03 Å². The van der Waals surface area contributed by atoms with Crippen LogP contribution in [0, 0.1) is 6.92 Å². The molecule has 1 unspecified atom stereocenters. The Balaban J connectivity index is 1.54. The average Bonchev–Trinajstić information content (AvgIpc) is 3.24. The van der Waals surface area contributed by atoms with Gasteiger partial charge in [-0.1, -0.05) is 18.2 Å². The van der Waals surface area contributed by atoms with Gasteiger partial charge in [0, 0.05) is 20.3 Å². The maximum absolute atomic E-state index is 12.0. The van der Waals surface area contributed by atoms with Crippen molar-refractivity contribution < 1.29 is 9.90 Å². The molecule has 0 spiro atoms. The lowest BCUT2D eigenvalue weighted by Gasteiger charge is -2.07. The zero-order valence-corrected chi connectivity index (χ0v) is 14.8. The number of aliphatic hydroxyl groups is 1. The van der Waals surface area contributed by atoms with Crippen LogP contribution in [0.5, 0.6) is 0 Å². The van der Waals surface area contributed by atoms with E-state index in [1.165, 1.54) is 22.7 Å². The maximum Gasteiger partial charge on any atom is 0.319 e. The van der Waals surface area contributed by atoms with Crippen LogP contribution in [-0.4, -0.2) is 11.1 Å². The number of nitrogens with one attached hydrogen (secondary N) is 2. The second-order valence-electron chi connectivity index (χ2n) is 5.40. The molecule has 0 saturated heterocycles. The molecule has 1 atom stereocenters. The summed E-state index contributed by atoms with van der Waals surface area (Å²) in [5, 5.41) is 17.9. The first-order valence-corrected chi connectivity index (χ1v) is 9.23. The second kappa shape index (κ2) is 7.61. The van der Waals surface area contributed by atoms with Crippen molar-refractivity contribution in [3.8, 4) is 0 Å². The summed E-state index contributed by atoms with van der Waals surface area (Å²) in [7, 11) is 0. The zero-order chi connectivity index (χ0) is 16.9. The van der Waals surface area contributed by atoms with E-state index in [1.807, 2.05) is 60.8 Å². The molecule has 3 aromatic rings.